The molecule has 176 valence electrons. The second-order valence-corrected chi connectivity index (χ2v) is 9.08. The van der Waals surface area contributed by atoms with Crippen molar-refractivity contribution in [3.05, 3.63) is 46.1 Å². The van der Waals surface area contributed by atoms with Crippen molar-refractivity contribution in [3.63, 3.8) is 0 Å². The van der Waals surface area contributed by atoms with Gasteiger partial charge in [0.25, 0.3) is 5.56 Å². The van der Waals surface area contributed by atoms with Crippen LogP contribution >= 0.6 is 11.3 Å². The summed E-state index contributed by atoms with van der Waals surface area (Å²) in [6.45, 7) is 8.11. The first-order chi connectivity index (χ1) is 16.0. The second kappa shape index (κ2) is 10.4. The predicted molar refractivity (Wildman–Crippen MR) is 128 cm³/mol. The summed E-state index contributed by atoms with van der Waals surface area (Å²) in [5.74, 6) is 0.535. The zero-order chi connectivity index (χ0) is 23.4. The number of hydrogen-bond acceptors (Lipinski definition) is 8. The van der Waals surface area contributed by atoms with Crippen LogP contribution in [0.1, 0.15) is 17.7 Å². The predicted octanol–water partition coefficient (Wildman–Crippen LogP) is 2.23. The van der Waals surface area contributed by atoms with Gasteiger partial charge < -0.3 is 9.47 Å². The Morgan fingerprint density at radius 1 is 1.27 bits per heavy atom. The monoisotopic (exact) mass is 471 g/mol. The fraction of sp³-hybridized carbons (Fsp3) is 0.478. The number of nitrogens with zero attached hydrogens (tertiary/aromatic N) is 5. The number of amides is 1. The van der Waals surface area contributed by atoms with Crippen molar-refractivity contribution >= 4 is 32.6 Å². The van der Waals surface area contributed by atoms with Crippen molar-refractivity contribution in [1.82, 2.24) is 19.4 Å². The number of thiazole rings is 1. The first-order valence-corrected chi connectivity index (χ1v) is 11.9. The molecule has 10 heteroatoms. The van der Waals surface area contributed by atoms with Gasteiger partial charge in [-0.15, -0.1) is 0 Å². The van der Waals surface area contributed by atoms with Crippen molar-refractivity contribution in [1.29, 1.82) is 0 Å². The summed E-state index contributed by atoms with van der Waals surface area (Å²) in [5.41, 5.74) is 1.81. The van der Waals surface area contributed by atoms with E-state index in [9.17, 15) is 9.59 Å². The van der Waals surface area contributed by atoms with Gasteiger partial charge in [0.1, 0.15) is 12.3 Å². The molecule has 0 N–H and O–H groups in total. The van der Waals surface area contributed by atoms with Gasteiger partial charge in [0.05, 0.1) is 36.9 Å². The van der Waals surface area contributed by atoms with Crippen LogP contribution in [0.15, 0.2) is 29.3 Å². The van der Waals surface area contributed by atoms with E-state index in [2.05, 4.69) is 9.88 Å². The lowest BCUT2D eigenvalue weighted by atomic mass is 10.2. The third kappa shape index (κ3) is 5.40. The lowest BCUT2D eigenvalue weighted by Crippen LogP contribution is -2.41. The molecule has 33 heavy (non-hydrogen) atoms. The summed E-state index contributed by atoms with van der Waals surface area (Å²) in [6, 6.07) is 5.70. The van der Waals surface area contributed by atoms with E-state index in [1.165, 1.54) is 22.2 Å². The van der Waals surface area contributed by atoms with Crippen LogP contribution in [-0.4, -0.2) is 71.8 Å². The highest BCUT2D eigenvalue weighted by molar-refractivity contribution is 7.22. The van der Waals surface area contributed by atoms with E-state index in [-0.39, 0.29) is 18.0 Å². The molecule has 0 unspecified atom stereocenters. The molecule has 3 heterocycles. The van der Waals surface area contributed by atoms with Crippen LogP contribution in [0, 0.1) is 13.8 Å². The summed E-state index contributed by atoms with van der Waals surface area (Å²) >= 11 is 1.46. The van der Waals surface area contributed by atoms with Crippen molar-refractivity contribution < 1.29 is 14.3 Å². The molecule has 1 aliphatic rings. The minimum absolute atomic E-state index is 0.0796. The van der Waals surface area contributed by atoms with Gasteiger partial charge in [-0.3, -0.25) is 24.0 Å². The molecule has 1 aliphatic heterocycles. The third-order valence-corrected chi connectivity index (χ3v) is 6.96. The normalized spacial score (nSPS) is 14.5. The standard InChI is InChI=1S/C23H29N5O4S/c1-16-17(2)24-15-27(22(16)30)14-21(29)28(8-4-7-26-9-11-32-12-10-26)23-25-19-13-18(31-3)5-6-20(19)33-23/h5-6,13,15H,4,7-12,14H2,1-3H3. The second-order valence-electron chi connectivity index (χ2n) is 8.07. The Bertz CT molecular complexity index is 1190. The highest BCUT2D eigenvalue weighted by atomic mass is 32.1. The average molecular weight is 472 g/mol. The molecule has 9 nitrogen and oxygen atoms in total. The van der Waals surface area contributed by atoms with E-state index in [1.54, 1.807) is 25.9 Å². The molecule has 1 amide bonds. The zero-order valence-corrected chi connectivity index (χ0v) is 20.1. The van der Waals surface area contributed by atoms with Crippen molar-refractivity contribution in [2.24, 2.45) is 0 Å². The van der Waals surface area contributed by atoms with Crippen LogP contribution in [0.2, 0.25) is 0 Å². The Labute approximate surface area is 196 Å². The summed E-state index contributed by atoms with van der Waals surface area (Å²) < 4.78 is 13.1. The SMILES string of the molecule is COc1ccc2sc(N(CCCN3CCOCC3)C(=O)Cn3cnc(C)c(C)c3=O)nc2c1. The minimum atomic E-state index is -0.196. The molecule has 0 aliphatic carbocycles. The number of aromatic nitrogens is 3. The molecule has 1 aromatic carbocycles. The number of hydrogen-bond donors (Lipinski definition) is 0. The molecular weight excluding hydrogens is 442 g/mol. The van der Waals surface area contributed by atoms with Crippen LogP contribution in [0.5, 0.6) is 5.75 Å². The smallest absolute Gasteiger partial charge is 0.256 e. The highest BCUT2D eigenvalue weighted by Gasteiger charge is 2.22. The number of anilines is 1. The van der Waals surface area contributed by atoms with Crippen molar-refractivity contribution in [3.8, 4) is 5.75 Å². The van der Waals surface area contributed by atoms with Crippen LogP contribution < -0.4 is 15.2 Å². The van der Waals surface area contributed by atoms with E-state index in [1.807, 2.05) is 18.2 Å². The first-order valence-electron chi connectivity index (χ1n) is 11.0. The van der Waals surface area contributed by atoms with Crippen LogP contribution in [-0.2, 0) is 16.1 Å². The molecule has 0 radical (unpaired) electrons. The molecule has 0 spiro atoms. The lowest BCUT2D eigenvalue weighted by Gasteiger charge is -2.27. The van der Waals surface area contributed by atoms with Gasteiger partial charge >= 0.3 is 0 Å². The molecule has 4 rings (SSSR count). The fourth-order valence-corrected chi connectivity index (χ4v) is 4.75. The minimum Gasteiger partial charge on any atom is -0.497 e. The zero-order valence-electron chi connectivity index (χ0n) is 19.2. The Hall–Kier alpha value is -2.82. The molecule has 3 aromatic rings. The largest absolute Gasteiger partial charge is 0.497 e. The van der Waals surface area contributed by atoms with E-state index in [0.717, 1.165) is 55.2 Å². The summed E-state index contributed by atoms with van der Waals surface area (Å²) in [6.07, 6.45) is 2.24. The molecule has 2 aromatic heterocycles. The maximum atomic E-state index is 13.4. The van der Waals surface area contributed by atoms with Gasteiger partial charge in [-0.2, -0.15) is 0 Å². The molecule has 0 saturated carbocycles. The van der Waals surface area contributed by atoms with Gasteiger partial charge in [-0.1, -0.05) is 11.3 Å². The maximum absolute atomic E-state index is 13.4. The van der Waals surface area contributed by atoms with Crippen molar-refractivity contribution in [2.45, 2.75) is 26.8 Å². The van der Waals surface area contributed by atoms with Crippen LogP contribution in [0.4, 0.5) is 5.13 Å². The summed E-state index contributed by atoms with van der Waals surface area (Å²) in [7, 11) is 1.62. The fourth-order valence-electron chi connectivity index (χ4n) is 3.76. The number of carbonyl (C=O) groups excluding carboxylic acids is 1. The molecular formula is C23H29N5O4S. The number of carbonyl (C=O) groups is 1. The highest BCUT2D eigenvalue weighted by Crippen LogP contribution is 2.31. The molecule has 1 fully saturated rings. The number of ether oxygens (including phenoxy) is 2. The Morgan fingerprint density at radius 3 is 2.82 bits per heavy atom. The van der Waals surface area contributed by atoms with Gasteiger partial charge in [0.15, 0.2) is 5.13 Å². The maximum Gasteiger partial charge on any atom is 0.256 e. The first kappa shape index (κ1) is 23.3. The number of aryl methyl sites for hydroxylation is 1. The number of morpholine rings is 1. The summed E-state index contributed by atoms with van der Waals surface area (Å²) in [4.78, 5) is 39.0. The Kier molecular flexibility index (Phi) is 7.36. The van der Waals surface area contributed by atoms with Gasteiger partial charge in [0, 0.05) is 43.5 Å². The van der Waals surface area contributed by atoms with Gasteiger partial charge in [-0.05, 0) is 32.4 Å². The van der Waals surface area contributed by atoms with E-state index in [0.29, 0.717) is 22.9 Å². The number of fused-ring (bicyclic) bond motifs is 1. The number of benzene rings is 1. The van der Waals surface area contributed by atoms with E-state index >= 15 is 0 Å². The van der Waals surface area contributed by atoms with E-state index < -0.39 is 0 Å². The molecule has 0 bridgehead atoms. The molecule has 0 atom stereocenters. The average Bonchev–Trinajstić information content (AvgIpc) is 3.25. The van der Waals surface area contributed by atoms with Gasteiger partial charge in [0.2, 0.25) is 5.91 Å². The van der Waals surface area contributed by atoms with Crippen molar-refractivity contribution in [2.75, 3.05) is 51.4 Å². The number of methoxy groups -OCH3 is 1. The lowest BCUT2D eigenvalue weighted by molar-refractivity contribution is -0.119. The van der Waals surface area contributed by atoms with Crippen LogP contribution in [0.3, 0.4) is 0 Å². The summed E-state index contributed by atoms with van der Waals surface area (Å²) in [5, 5.41) is 0.620. The quantitative estimate of drug-likeness (QED) is 0.498. The van der Waals surface area contributed by atoms with Crippen LogP contribution in [0.25, 0.3) is 10.2 Å². The Balaban J connectivity index is 1.57. The Morgan fingerprint density at radius 2 is 2.06 bits per heavy atom. The van der Waals surface area contributed by atoms with E-state index in [4.69, 9.17) is 14.5 Å². The topological polar surface area (TPSA) is 89.8 Å². The number of rotatable bonds is 8. The van der Waals surface area contributed by atoms with Gasteiger partial charge in [-0.25, -0.2) is 9.97 Å². The third-order valence-electron chi connectivity index (χ3n) is 5.90. The molecule has 1 saturated heterocycles.